The molecule has 0 aromatic rings. The van der Waals surface area contributed by atoms with Gasteiger partial charge in [-0.3, -0.25) is 4.79 Å². The van der Waals surface area contributed by atoms with E-state index in [1.165, 1.54) is 0 Å². The second-order valence-electron chi connectivity index (χ2n) is 4.85. The van der Waals surface area contributed by atoms with Gasteiger partial charge < -0.3 is 4.74 Å². The monoisotopic (exact) mass is 294 g/mol. The summed E-state index contributed by atoms with van der Waals surface area (Å²) in [5, 5.41) is 0. The van der Waals surface area contributed by atoms with Crippen molar-refractivity contribution in [2.75, 3.05) is 0 Å². The van der Waals surface area contributed by atoms with Crippen molar-refractivity contribution in [3.8, 4) is 0 Å². The van der Waals surface area contributed by atoms with Gasteiger partial charge in [-0.2, -0.15) is 26.3 Å². The van der Waals surface area contributed by atoms with Crippen LogP contribution in [0, 0.1) is 5.41 Å². The van der Waals surface area contributed by atoms with E-state index in [0.717, 1.165) is 0 Å². The summed E-state index contributed by atoms with van der Waals surface area (Å²) < 4.78 is 81.3. The van der Waals surface area contributed by atoms with Gasteiger partial charge in [0.1, 0.15) is 5.60 Å². The van der Waals surface area contributed by atoms with Crippen molar-refractivity contribution in [3.63, 3.8) is 0 Å². The molecule has 0 rings (SSSR count). The lowest BCUT2D eigenvalue weighted by Crippen LogP contribution is -2.61. The summed E-state index contributed by atoms with van der Waals surface area (Å²) in [4.78, 5) is 11.2. The smallest absolute Gasteiger partial charge is 0.406 e. The predicted octanol–water partition coefficient (Wildman–Crippen LogP) is 4.24. The first-order valence-electron chi connectivity index (χ1n) is 5.56. The Bertz CT molecular complexity index is 315. The van der Waals surface area contributed by atoms with Crippen LogP contribution in [0.3, 0.4) is 0 Å². The van der Waals surface area contributed by atoms with E-state index in [2.05, 4.69) is 4.74 Å². The lowest BCUT2D eigenvalue weighted by molar-refractivity contribution is -0.376. The summed E-state index contributed by atoms with van der Waals surface area (Å²) in [5.74, 6) is -1.09. The average Bonchev–Trinajstić information content (AvgIpc) is 2.11. The minimum atomic E-state index is -5.60. The quantitative estimate of drug-likeness (QED) is 0.572. The number of hydrogen-bond acceptors (Lipinski definition) is 2. The summed E-state index contributed by atoms with van der Waals surface area (Å²) in [6, 6.07) is 0. The van der Waals surface area contributed by atoms with Crippen LogP contribution in [0.5, 0.6) is 0 Å². The molecule has 0 saturated carbocycles. The van der Waals surface area contributed by atoms with Gasteiger partial charge in [-0.05, 0) is 27.2 Å². The topological polar surface area (TPSA) is 26.3 Å². The molecule has 0 heterocycles. The zero-order valence-corrected chi connectivity index (χ0v) is 11.0. The summed E-state index contributed by atoms with van der Waals surface area (Å²) in [6.45, 7) is 2.77. The molecule has 0 aliphatic carbocycles. The molecule has 0 amide bonds. The van der Waals surface area contributed by atoms with Crippen molar-refractivity contribution in [3.05, 3.63) is 0 Å². The number of hydrogen-bond donors (Lipinski definition) is 0. The molecule has 8 heteroatoms. The zero-order chi connectivity index (χ0) is 15.7. The maximum Gasteiger partial charge on any atom is 0.406 e. The largest absolute Gasteiger partial charge is 0.458 e. The Kier molecular flexibility index (Phi) is 4.94. The third-order valence-electron chi connectivity index (χ3n) is 3.16. The van der Waals surface area contributed by atoms with Gasteiger partial charge in [0.05, 0.1) is 0 Å². The van der Waals surface area contributed by atoms with Crippen LogP contribution < -0.4 is 0 Å². The first kappa shape index (κ1) is 18.0. The molecule has 0 N–H and O–H groups in total. The van der Waals surface area contributed by atoms with E-state index >= 15 is 0 Å². The predicted molar refractivity (Wildman–Crippen MR) is 55.3 cm³/mol. The summed E-state index contributed by atoms with van der Waals surface area (Å²) in [5.41, 5.74) is -6.90. The van der Waals surface area contributed by atoms with Crippen LogP contribution in [0.15, 0.2) is 0 Å². The number of ether oxygens (including phenoxy) is 1. The Hall–Kier alpha value is -0.950. The third-order valence-corrected chi connectivity index (χ3v) is 3.16. The maximum atomic E-state index is 12.8. The normalized spacial score (nSPS) is 14.4. The lowest BCUT2D eigenvalue weighted by atomic mass is 9.73. The molecule has 19 heavy (non-hydrogen) atoms. The third kappa shape index (κ3) is 3.33. The zero-order valence-electron chi connectivity index (χ0n) is 11.0. The number of rotatable bonds is 4. The van der Waals surface area contributed by atoms with Crippen LogP contribution in [0.25, 0.3) is 0 Å². The average molecular weight is 294 g/mol. The highest BCUT2D eigenvalue weighted by Gasteiger charge is 2.75. The molecule has 0 radical (unpaired) electrons. The molecule has 0 aromatic heterocycles. The summed E-state index contributed by atoms with van der Waals surface area (Å²) in [7, 11) is 0. The van der Waals surface area contributed by atoms with Gasteiger partial charge in [0, 0.05) is 6.42 Å². The van der Waals surface area contributed by atoms with E-state index in [-0.39, 0.29) is 19.8 Å². The Morgan fingerprint density at radius 2 is 1.32 bits per heavy atom. The SMILES string of the molecule is CCCC(=O)OC(C)(C)C(C)(C(F)(F)F)C(F)(F)F. The van der Waals surface area contributed by atoms with Crippen molar-refractivity contribution in [1.82, 2.24) is 0 Å². The molecule has 0 atom stereocenters. The van der Waals surface area contributed by atoms with Gasteiger partial charge in [0.25, 0.3) is 0 Å². The first-order chi connectivity index (χ1) is 8.20. The van der Waals surface area contributed by atoms with Gasteiger partial charge in [-0.1, -0.05) is 6.92 Å². The van der Waals surface area contributed by atoms with E-state index in [4.69, 9.17) is 0 Å². The second kappa shape index (κ2) is 5.20. The van der Waals surface area contributed by atoms with Crippen molar-refractivity contribution < 1.29 is 35.9 Å². The van der Waals surface area contributed by atoms with Gasteiger partial charge in [0.15, 0.2) is 5.41 Å². The fourth-order valence-electron chi connectivity index (χ4n) is 1.49. The van der Waals surface area contributed by atoms with Crippen molar-refractivity contribution in [1.29, 1.82) is 0 Å². The Morgan fingerprint density at radius 1 is 0.947 bits per heavy atom. The molecule has 0 aliphatic heterocycles. The highest BCUT2D eigenvalue weighted by molar-refractivity contribution is 5.69. The van der Waals surface area contributed by atoms with Gasteiger partial charge >= 0.3 is 18.3 Å². The van der Waals surface area contributed by atoms with Gasteiger partial charge in [-0.25, -0.2) is 0 Å². The van der Waals surface area contributed by atoms with E-state index in [1.807, 2.05) is 0 Å². The van der Waals surface area contributed by atoms with Crippen LogP contribution in [-0.2, 0) is 9.53 Å². The summed E-state index contributed by atoms with van der Waals surface area (Å²) in [6.07, 6.45) is -11.2. The summed E-state index contributed by atoms with van der Waals surface area (Å²) >= 11 is 0. The van der Waals surface area contributed by atoms with E-state index in [1.54, 1.807) is 6.92 Å². The van der Waals surface area contributed by atoms with Gasteiger partial charge in [-0.15, -0.1) is 0 Å². The van der Waals surface area contributed by atoms with Crippen molar-refractivity contribution in [2.24, 2.45) is 5.41 Å². The Balaban J connectivity index is 5.57. The molecule has 0 aliphatic rings. The molecular formula is C11H16F6O2. The van der Waals surface area contributed by atoms with Crippen LogP contribution in [0.4, 0.5) is 26.3 Å². The molecule has 0 spiro atoms. The number of esters is 1. The van der Waals surface area contributed by atoms with Crippen LogP contribution in [-0.4, -0.2) is 23.9 Å². The molecule has 114 valence electrons. The van der Waals surface area contributed by atoms with Crippen molar-refractivity contribution >= 4 is 5.97 Å². The molecule has 0 saturated heterocycles. The molecule has 0 aromatic carbocycles. The highest BCUT2D eigenvalue weighted by atomic mass is 19.4. The van der Waals surface area contributed by atoms with E-state index in [9.17, 15) is 31.1 Å². The highest BCUT2D eigenvalue weighted by Crippen LogP contribution is 2.57. The first-order valence-corrected chi connectivity index (χ1v) is 5.56. The van der Waals surface area contributed by atoms with Crippen LogP contribution >= 0.6 is 0 Å². The number of carbonyl (C=O) groups is 1. The molecule has 0 bridgehead atoms. The molecule has 2 nitrogen and oxygen atoms in total. The van der Waals surface area contributed by atoms with E-state index < -0.39 is 29.3 Å². The maximum absolute atomic E-state index is 12.8. The number of carbonyl (C=O) groups excluding carboxylic acids is 1. The molecule has 0 unspecified atom stereocenters. The Morgan fingerprint density at radius 3 is 1.58 bits per heavy atom. The fraction of sp³-hybridized carbons (Fsp3) is 0.909. The van der Waals surface area contributed by atoms with Crippen molar-refractivity contribution in [2.45, 2.75) is 58.5 Å². The standard InChI is InChI=1S/C11H16F6O2/c1-5-6-7(18)19-8(2,3)9(4,10(12,13)14)11(15,16)17/h5-6H2,1-4H3. The van der Waals surface area contributed by atoms with E-state index in [0.29, 0.717) is 13.8 Å². The molecule has 0 fully saturated rings. The number of alkyl halides is 6. The molecular weight excluding hydrogens is 278 g/mol. The Labute approximate surface area is 107 Å². The second-order valence-corrected chi connectivity index (χ2v) is 4.85. The van der Waals surface area contributed by atoms with Crippen LogP contribution in [0.2, 0.25) is 0 Å². The van der Waals surface area contributed by atoms with Gasteiger partial charge in [0.2, 0.25) is 0 Å². The van der Waals surface area contributed by atoms with Crippen LogP contribution in [0.1, 0.15) is 40.5 Å². The minimum Gasteiger partial charge on any atom is -0.458 e. The minimum absolute atomic E-state index is 0.00771. The fourth-order valence-corrected chi connectivity index (χ4v) is 1.49. The number of halogens is 6. The lowest BCUT2D eigenvalue weighted by Gasteiger charge is -2.44.